The van der Waals surface area contributed by atoms with Crippen LogP contribution in [0.1, 0.15) is 48.7 Å². The zero-order valence-electron chi connectivity index (χ0n) is 13.7. The summed E-state index contributed by atoms with van der Waals surface area (Å²) in [6, 6.07) is 6.34. The Labute approximate surface area is 137 Å². The van der Waals surface area contributed by atoms with Gasteiger partial charge in [0, 0.05) is 23.1 Å². The quantitative estimate of drug-likeness (QED) is 0.804. The third-order valence-corrected chi connectivity index (χ3v) is 4.27. The molecule has 0 aliphatic heterocycles. The van der Waals surface area contributed by atoms with Crippen molar-refractivity contribution in [2.24, 2.45) is 0 Å². The van der Waals surface area contributed by atoms with E-state index in [-0.39, 0.29) is 0 Å². The van der Waals surface area contributed by atoms with Crippen LogP contribution in [-0.4, -0.2) is 16.6 Å². The molecular formula is C19H21N3O. The van der Waals surface area contributed by atoms with E-state index in [1.165, 1.54) is 12.0 Å². The van der Waals surface area contributed by atoms with E-state index in [1.54, 1.807) is 6.20 Å². The number of pyridine rings is 2. The lowest BCUT2D eigenvalue weighted by Crippen LogP contribution is -2.07. The Morgan fingerprint density at radius 2 is 2.09 bits per heavy atom. The van der Waals surface area contributed by atoms with Crippen molar-refractivity contribution >= 4 is 0 Å². The molecule has 2 heterocycles. The molecule has 4 heteroatoms. The Hall–Kier alpha value is -2.41. The first-order valence-electron chi connectivity index (χ1n) is 8.26. The SMILES string of the molecule is CCOc1nc2c(c(-c3ccnc(C)c3)c1C#N)CCCCC2. The molecule has 0 N–H and O–H groups in total. The first-order valence-corrected chi connectivity index (χ1v) is 8.26. The molecule has 0 radical (unpaired) electrons. The molecule has 0 saturated carbocycles. The molecule has 4 nitrogen and oxygen atoms in total. The summed E-state index contributed by atoms with van der Waals surface area (Å²) in [7, 11) is 0. The number of hydrogen-bond donors (Lipinski definition) is 0. The van der Waals surface area contributed by atoms with Gasteiger partial charge in [0.25, 0.3) is 0 Å². The van der Waals surface area contributed by atoms with Crippen LogP contribution in [0.3, 0.4) is 0 Å². The average molecular weight is 307 g/mol. The Balaban J connectivity index is 2.29. The highest BCUT2D eigenvalue weighted by Gasteiger charge is 2.23. The fraction of sp³-hybridized carbons (Fsp3) is 0.421. The molecule has 0 spiro atoms. The molecule has 1 aliphatic carbocycles. The van der Waals surface area contributed by atoms with Gasteiger partial charge in [-0.1, -0.05) is 6.42 Å². The van der Waals surface area contributed by atoms with Crippen molar-refractivity contribution in [3.8, 4) is 23.1 Å². The third-order valence-electron chi connectivity index (χ3n) is 4.27. The summed E-state index contributed by atoms with van der Waals surface area (Å²) in [6.45, 7) is 4.40. The van der Waals surface area contributed by atoms with Crippen molar-refractivity contribution in [1.29, 1.82) is 5.26 Å². The molecule has 1 aliphatic rings. The highest BCUT2D eigenvalue weighted by molar-refractivity contribution is 5.77. The van der Waals surface area contributed by atoms with Gasteiger partial charge in [0.05, 0.1) is 6.61 Å². The highest BCUT2D eigenvalue weighted by atomic mass is 16.5. The molecule has 0 atom stereocenters. The first kappa shape index (κ1) is 15.5. The Kier molecular flexibility index (Phi) is 4.57. The van der Waals surface area contributed by atoms with Crippen molar-refractivity contribution in [3.05, 3.63) is 40.8 Å². The molecule has 118 valence electrons. The zero-order valence-corrected chi connectivity index (χ0v) is 13.7. The Morgan fingerprint density at radius 3 is 2.83 bits per heavy atom. The second-order valence-electron chi connectivity index (χ2n) is 5.88. The summed E-state index contributed by atoms with van der Waals surface area (Å²) in [5.74, 6) is 0.472. The molecular weight excluding hydrogens is 286 g/mol. The van der Waals surface area contributed by atoms with Crippen LogP contribution in [-0.2, 0) is 12.8 Å². The molecule has 0 bridgehead atoms. The summed E-state index contributed by atoms with van der Waals surface area (Å²) in [5, 5.41) is 9.74. The van der Waals surface area contributed by atoms with E-state index >= 15 is 0 Å². The van der Waals surface area contributed by atoms with E-state index in [4.69, 9.17) is 4.74 Å². The molecule has 0 aromatic carbocycles. The van der Waals surface area contributed by atoms with Gasteiger partial charge in [-0.15, -0.1) is 0 Å². The van der Waals surface area contributed by atoms with Crippen LogP contribution in [0.4, 0.5) is 0 Å². The van der Waals surface area contributed by atoms with Gasteiger partial charge < -0.3 is 4.74 Å². The molecule has 0 fully saturated rings. The van der Waals surface area contributed by atoms with Crippen molar-refractivity contribution in [3.63, 3.8) is 0 Å². The van der Waals surface area contributed by atoms with Gasteiger partial charge in [0.2, 0.25) is 5.88 Å². The summed E-state index contributed by atoms with van der Waals surface area (Å²) < 4.78 is 5.68. The predicted molar refractivity (Wildman–Crippen MR) is 89.3 cm³/mol. The third kappa shape index (κ3) is 3.05. The average Bonchev–Trinajstić information content (AvgIpc) is 2.79. The number of nitrogens with zero attached hydrogens (tertiary/aromatic N) is 3. The van der Waals surface area contributed by atoms with Crippen LogP contribution in [0.5, 0.6) is 5.88 Å². The lowest BCUT2D eigenvalue weighted by atomic mass is 9.92. The molecule has 0 unspecified atom stereocenters. The van der Waals surface area contributed by atoms with E-state index in [1.807, 2.05) is 26.0 Å². The lowest BCUT2D eigenvalue weighted by Gasteiger charge is -2.17. The second-order valence-corrected chi connectivity index (χ2v) is 5.88. The molecule has 2 aromatic heterocycles. The highest BCUT2D eigenvalue weighted by Crippen LogP contribution is 2.37. The summed E-state index contributed by atoms with van der Waals surface area (Å²) >= 11 is 0. The van der Waals surface area contributed by atoms with E-state index in [9.17, 15) is 5.26 Å². The Morgan fingerprint density at radius 1 is 1.26 bits per heavy atom. The standard InChI is InChI=1S/C19H21N3O/c1-3-23-19-16(12-20)18(14-9-10-21-13(2)11-14)15-7-5-4-6-8-17(15)22-19/h9-11H,3-8H2,1-2H3. The zero-order chi connectivity index (χ0) is 16.2. The molecule has 3 rings (SSSR count). The van der Waals surface area contributed by atoms with Crippen molar-refractivity contribution < 1.29 is 4.74 Å². The number of rotatable bonds is 3. The van der Waals surface area contributed by atoms with E-state index in [2.05, 4.69) is 16.0 Å². The summed E-state index contributed by atoms with van der Waals surface area (Å²) in [5.41, 5.74) is 5.84. The smallest absolute Gasteiger partial charge is 0.232 e. The number of aromatic nitrogens is 2. The summed E-state index contributed by atoms with van der Waals surface area (Å²) in [4.78, 5) is 8.96. The normalized spacial score (nSPS) is 13.8. The molecule has 0 amide bonds. The van der Waals surface area contributed by atoms with Gasteiger partial charge >= 0.3 is 0 Å². The fourth-order valence-electron chi connectivity index (χ4n) is 3.26. The molecule has 2 aromatic rings. The second kappa shape index (κ2) is 6.78. The van der Waals surface area contributed by atoms with Gasteiger partial charge in [-0.2, -0.15) is 5.26 Å². The minimum atomic E-state index is 0.472. The van der Waals surface area contributed by atoms with Gasteiger partial charge in [-0.05, 0) is 62.8 Å². The number of aryl methyl sites for hydroxylation is 2. The maximum absolute atomic E-state index is 9.74. The van der Waals surface area contributed by atoms with E-state index < -0.39 is 0 Å². The maximum Gasteiger partial charge on any atom is 0.232 e. The minimum Gasteiger partial charge on any atom is -0.477 e. The van der Waals surface area contributed by atoms with Gasteiger partial charge in [0.15, 0.2) is 0 Å². The monoisotopic (exact) mass is 307 g/mol. The van der Waals surface area contributed by atoms with Crippen LogP contribution in [0.25, 0.3) is 11.1 Å². The largest absolute Gasteiger partial charge is 0.477 e. The van der Waals surface area contributed by atoms with Crippen LogP contribution >= 0.6 is 0 Å². The number of fused-ring (bicyclic) bond motifs is 1. The first-order chi connectivity index (χ1) is 11.2. The van der Waals surface area contributed by atoms with Gasteiger partial charge in [0.1, 0.15) is 11.6 Å². The minimum absolute atomic E-state index is 0.472. The van der Waals surface area contributed by atoms with E-state index in [0.717, 1.165) is 48.2 Å². The van der Waals surface area contributed by atoms with Gasteiger partial charge in [-0.25, -0.2) is 4.98 Å². The van der Waals surface area contributed by atoms with Crippen LogP contribution in [0, 0.1) is 18.3 Å². The van der Waals surface area contributed by atoms with Crippen LogP contribution < -0.4 is 4.74 Å². The van der Waals surface area contributed by atoms with Crippen LogP contribution in [0.15, 0.2) is 18.3 Å². The topological polar surface area (TPSA) is 58.8 Å². The summed E-state index contributed by atoms with van der Waals surface area (Å²) in [6.07, 6.45) is 7.22. The number of nitriles is 1. The molecule has 23 heavy (non-hydrogen) atoms. The fourth-order valence-corrected chi connectivity index (χ4v) is 3.26. The van der Waals surface area contributed by atoms with Gasteiger partial charge in [-0.3, -0.25) is 4.98 Å². The number of hydrogen-bond acceptors (Lipinski definition) is 4. The maximum atomic E-state index is 9.74. The number of ether oxygens (including phenoxy) is 1. The molecule has 0 saturated heterocycles. The lowest BCUT2D eigenvalue weighted by molar-refractivity contribution is 0.324. The van der Waals surface area contributed by atoms with E-state index in [0.29, 0.717) is 18.1 Å². The van der Waals surface area contributed by atoms with Crippen molar-refractivity contribution in [2.45, 2.75) is 46.0 Å². The Bertz CT molecular complexity index is 762. The predicted octanol–water partition coefficient (Wildman–Crippen LogP) is 3.99. The van der Waals surface area contributed by atoms with Crippen molar-refractivity contribution in [1.82, 2.24) is 9.97 Å². The van der Waals surface area contributed by atoms with Crippen molar-refractivity contribution in [2.75, 3.05) is 6.61 Å². The van der Waals surface area contributed by atoms with Crippen LogP contribution in [0.2, 0.25) is 0 Å².